The topological polar surface area (TPSA) is 45.5 Å². The molecule has 0 atom stereocenters. The van der Waals surface area contributed by atoms with E-state index < -0.39 is 11.7 Å². The van der Waals surface area contributed by atoms with Crippen LogP contribution < -0.4 is 5.32 Å². The first-order chi connectivity index (χ1) is 14.2. The zero-order valence-electron chi connectivity index (χ0n) is 17.5. The molecule has 1 aromatic heterocycles. The molecule has 0 radical (unpaired) electrons. The maximum atomic E-state index is 13.1. The van der Waals surface area contributed by atoms with Gasteiger partial charge in [0.1, 0.15) is 5.76 Å². The minimum Gasteiger partial charge on any atom is -0.455 e. The second-order valence-corrected chi connectivity index (χ2v) is 8.29. The highest BCUT2D eigenvalue weighted by Gasteiger charge is 2.31. The van der Waals surface area contributed by atoms with E-state index in [4.69, 9.17) is 4.42 Å². The number of hydrogen-bond acceptors (Lipinski definition) is 3. The SMILES string of the molecule is CC(C)NC(=O)c1ccc(CN(Cc2cccc(C(F)(F)F)c2)C2CCCCC2)o1. The third kappa shape index (κ3) is 6.11. The molecule has 0 bridgehead atoms. The number of carbonyl (C=O) groups is 1. The zero-order chi connectivity index (χ0) is 21.7. The lowest BCUT2D eigenvalue weighted by Gasteiger charge is -2.34. The van der Waals surface area contributed by atoms with Crippen LogP contribution in [-0.4, -0.2) is 22.9 Å². The minimum absolute atomic E-state index is 0.00527. The molecule has 0 spiro atoms. The van der Waals surface area contributed by atoms with Crippen molar-refractivity contribution in [1.82, 2.24) is 10.2 Å². The fourth-order valence-corrected chi connectivity index (χ4v) is 3.96. The molecule has 1 aliphatic carbocycles. The first kappa shape index (κ1) is 22.4. The van der Waals surface area contributed by atoms with Crippen LogP contribution in [0.15, 0.2) is 40.8 Å². The molecule has 2 aromatic rings. The Morgan fingerprint density at radius 3 is 2.53 bits per heavy atom. The van der Waals surface area contributed by atoms with Gasteiger partial charge in [0.15, 0.2) is 5.76 Å². The second kappa shape index (κ2) is 9.69. The van der Waals surface area contributed by atoms with E-state index in [2.05, 4.69) is 10.2 Å². The Labute approximate surface area is 175 Å². The van der Waals surface area contributed by atoms with Gasteiger partial charge in [0, 0.05) is 18.6 Å². The summed E-state index contributed by atoms with van der Waals surface area (Å²) in [6.45, 7) is 4.61. The van der Waals surface area contributed by atoms with Crippen molar-refractivity contribution < 1.29 is 22.4 Å². The van der Waals surface area contributed by atoms with Crippen molar-refractivity contribution >= 4 is 5.91 Å². The van der Waals surface area contributed by atoms with Crippen molar-refractivity contribution in [2.24, 2.45) is 0 Å². The van der Waals surface area contributed by atoms with E-state index in [1.807, 2.05) is 13.8 Å². The molecule has 7 heteroatoms. The first-order valence-corrected chi connectivity index (χ1v) is 10.5. The summed E-state index contributed by atoms with van der Waals surface area (Å²) in [5.74, 6) is 0.626. The molecular weight excluding hydrogens is 393 g/mol. The van der Waals surface area contributed by atoms with Gasteiger partial charge in [-0.3, -0.25) is 9.69 Å². The van der Waals surface area contributed by atoms with Gasteiger partial charge >= 0.3 is 6.18 Å². The highest BCUT2D eigenvalue weighted by molar-refractivity contribution is 5.91. The van der Waals surface area contributed by atoms with Gasteiger partial charge in [-0.05, 0) is 50.5 Å². The van der Waals surface area contributed by atoms with Crippen molar-refractivity contribution in [2.75, 3.05) is 0 Å². The van der Waals surface area contributed by atoms with E-state index in [1.165, 1.54) is 18.6 Å². The predicted octanol–water partition coefficient (Wildman–Crippen LogP) is 5.77. The first-order valence-electron chi connectivity index (χ1n) is 10.5. The lowest BCUT2D eigenvalue weighted by atomic mass is 9.93. The third-order valence-electron chi connectivity index (χ3n) is 5.40. The second-order valence-electron chi connectivity index (χ2n) is 8.29. The normalized spacial score (nSPS) is 15.7. The Hall–Kier alpha value is -2.28. The van der Waals surface area contributed by atoms with Crippen LogP contribution in [0, 0.1) is 0 Å². The molecule has 3 rings (SSSR count). The molecule has 0 unspecified atom stereocenters. The molecule has 1 aliphatic rings. The van der Waals surface area contributed by atoms with Gasteiger partial charge in [-0.2, -0.15) is 13.2 Å². The largest absolute Gasteiger partial charge is 0.455 e. The van der Waals surface area contributed by atoms with Gasteiger partial charge in [0.25, 0.3) is 5.91 Å². The predicted molar refractivity (Wildman–Crippen MR) is 109 cm³/mol. The Bertz CT molecular complexity index is 839. The third-order valence-corrected chi connectivity index (χ3v) is 5.40. The molecular formula is C23H29F3N2O2. The Morgan fingerprint density at radius 2 is 1.87 bits per heavy atom. The summed E-state index contributed by atoms with van der Waals surface area (Å²) < 4.78 is 45.1. The smallest absolute Gasteiger partial charge is 0.416 e. The minimum atomic E-state index is -4.36. The number of furan rings is 1. The quantitative estimate of drug-likeness (QED) is 0.616. The maximum Gasteiger partial charge on any atom is 0.416 e. The molecule has 0 aliphatic heterocycles. The number of carbonyl (C=O) groups excluding carboxylic acids is 1. The molecule has 164 valence electrons. The zero-order valence-corrected chi connectivity index (χ0v) is 17.5. The van der Waals surface area contributed by atoms with Crippen LogP contribution in [-0.2, 0) is 19.3 Å². The molecule has 4 nitrogen and oxygen atoms in total. The van der Waals surface area contributed by atoms with E-state index in [0.29, 0.717) is 24.4 Å². The Balaban J connectivity index is 1.77. The van der Waals surface area contributed by atoms with Crippen LogP contribution >= 0.6 is 0 Å². The fraction of sp³-hybridized carbons (Fsp3) is 0.522. The van der Waals surface area contributed by atoms with Crippen LogP contribution in [0.2, 0.25) is 0 Å². The van der Waals surface area contributed by atoms with Crippen molar-refractivity contribution in [3.8, 4) is 0 Å². The van der Waals surface area contributed by atoms with Gasteiger partial charge in [-0.15, -0.1) is 0 Å². The van der Waals surface area contributed by atoms with Crippen molar-refractivity contribution in [2.45, 2.75) is 77.3 Å². The standard InChI is InChI=1S/C23H29F3N2O2/c1-16(2)27-22(29)21-12-11-20(30-21)15-28(19-9-4-3-5-10-19)14-17-7-6-8-18(13-17)23(24,25)26/h6-8,11-13,16,19H,3-5,9-10,14-15H2,1-2H3,(H,27,29). The van der Waals surface area contributed by atoms with E-state index in [9.17, 15) is 18.0 Å². The number of benzene rings is 1. The van der Waals surface area contributed by atoms with E-state index in [0.717, 1.165) is 31.7 Å². The Morgan fingerprint density at radius 1 is 1.13 bits per heavy atom. The summed E-state index contributed by atoms with van der Waals surface area (Å²) in [7, 11) is 0. The van der Waals surface area contributed by atoms with E-state index in [-0.39, 0.29) is 23.8 Å². The number of nitrogens with zero attached hydrogens (tertiary/aromatic N) is 1. The van der Waals surface area contributed by atoms with Gasteiger partial charge in [0.2, 0.25) is 0 Å². The summed E-state index contributed by atoms with van der Waals surface area (Å²) >= 11 is 0. The van der Waals surface area contributed by atoms with Gasteiger partial charge in [-0.25, -0.2) is 0 Å². The molecule has 1 N–H and O–H groups in total. The maximum absolute atomic E-state index is 13.1. The monoisotopic (exact) mass is 422 g/mol. The van der Waals surface area contributed by atoms with E-state index in [1.54, 1.807) is 18.2 Å². The number of nitrogens with one attached hydrogen (secondary N) is 1. The van der Waals surface area contributed by atoms with E-state index >= 15 is 0 Å². The average molecular weight is 422 g/mol. The molecule has 1 saturated carbocycles. The van der Waals surface area contributed by atoms with Gasteiger partial charge in [-0.1, -0.05) is 37.5 Å². The van der Waals surface area contributed by atoms with Crippen LogP contribution in [0.4, 0.5) is 13.2 Å². The molecule has 1 fully saturated rings. The molecule has 0 saturated heterocycles. The van der Waals surface area contributed by atoms with Crippen molar-refractivity contribution in [1.29, 1.82) is 0 Å². The number of halogens is 3. The summed E-state index contributed by atoms with van der Waals surface area (Å²) in [6, 6.07) is 9.22. The summed E-state index contributed by atoms with van der Waals surface area (Å²) in [6.07, 6.45) is 1.09. The highest BCUT2D eigenvalue weighted by Crippen LogP contribution is 2.31. The molecule has 1 amide bonds. The van der Waals surface area contributed by atoms with Crippen LogP contribution in [0.25, 0.3) is 0 Å². The number of amides is 1. The van der Waals surface area contributed by atoms with Crippen LogP contribution in [0.5, 0.6) is 0 Å². The van der Waals surface area contributed by atoms with Gasteiger partial charge < -0.3 is 9.73 Å². The highest BCUT2D eigenvalue weighted by atomic mass is 19.4. The van der Waals surface area contributed by atoms with Gasteiger partial charge in [0.05, 0.1) is 12.1 Å². The van der Waals surface area contributed by atoms with Crippen LogP contribution in [0.1, 0.15) is 73.4 Å². The van der Waals surface area contributed by atoms with Crippen molar-refractivity contribution in [3.05, 3.63) is 59.0 Å². The molecule has 1 heterocycles. The summed E-state index contributed by atoms with van der Waals surface area (Å²) in [5.41, 5.74) is -0.00559. The average Bonchev–Trinajstić information content (AvgIpc) is 3.16. The lowest BCUT2D eigenvalue weighted by molar-refractivity contribution is -0.137. The number of alkyl halides is 3. The number of hydrogen-bond donors (Lipinski definition) is 1. The summed E-state index contributed by atoms with van der Waals surface area (Å²) in [5, 5.41) is 2.80. The lowest BCUT2D eigenvalue weighted by Crippen LogP contribution is -2.35. The Kier molecular flexibility index (Phi) is 7.23. The number of rotatable bonds is 7. The molecule has 30 heavy (non-hydrogen) atoms. The van der Waals surface area contributed by atoms with Crippen LogP contribution in [0.3, 0.4) is 0 Å². The summed E-state index contributed by atoms with van der Waals surface area (Å²) in [4.78, 5) is 14.3. The fourth-order valence-electron chi connectivity index (χ4n) is 3.96. The van der Waals surface area contributed by atoms with Crippen molar-refractivity contribution in [3.63, 3.8) is 0 Å². The molecule has 1 aromatic carbocycles.